The first-order chi connectivity index (χ1) is 9.89. The molecule has 1 N–H and O–H groups in total. The number of likely N-dealkylation sites (N-methyl/N-ethyl adjacent to an activating group) is 1. The van der Waals surface area contributed by atoms with Crippen LogP contribution in [0.25, 0.3) is 0 Å². The van der Waals surface area contributed by atoms with Crippen LogP contribution in [-0.4, -0.2) is 69.6 Å². The van der Waals surface area contributed by atoms with Gasteiger partial charge in [-0.15, -0.1) is 0 Å². The van der Waals surface area contributed by atoms with E-state index in [1.165, 1.54) is 0 Å². The molecule has 0 aromatic rings. The van der Waals surface area contributed by atoms with Gasteiger partial charge in [0.25, 0.3) is 0 Å². The van der Waals surface area contributed by atoms with Crippen molar-refractivity contribution in [2.24, 2.45) is 5.92 Å². The Morgan fingerprint density at radius 2 is 2.14 bits per heavy atom. The van der Waals surface area contributed by atoms with Gasteiger partial charge in [0.05, 0.1) is 19.1 Å². The van der Waals surface area contributed by atoms with Crippen molar-refractivity contribution in [3.63, 3.8) is 0 Å². The molecule has 0 spiro atoms. The smallest absolute Gasteiger partial charge is 0.382 e. The number of ether oxygens (including phenoxy) is 2. The van der Waals surface area contributed by atoms with Gasteiger partial charge in [0, 0.05) is 25.8 Å². The minimum absolute atomic E-state index is 0.0330. The van der Waals surface area contributed by atoms with Crippen molar-refractivity contribution < 1.29 is 27.4 Å². The van der Waals surface area contributed by atoms with Crippen LogP contribution in [0.1, 0.15) is 13.3 Å². The molecular formula is C13H23F3N2O3. The minimum Gasteiger partial charge on any atom is -0.382 e. The zero-order valence-corrected chi connectivity index (χ0v) is 12.4. The summed E-state index contributed by atoms with van der Waals surface area (Å²) >= 11 is 0. The molecule has 0 aromatic carbocycles. The fraction of sp³-hybridized carbons (Fsp3) is 0.923. The summed E-state index contributed by atoms with van der Waals surface area (Å²) in [5, 5.41) is 2.91. The summed E-state index contributed by atoms with van der Waals surface area (Å²) in [5.74, 6) is -1.08. The number of nitrogens with one attached hydrogen (secondary N) is 1. The van der Waals surface area contributed by atoms with Crippen LogP contribution in [0, 0.1) is 5.92 Å². The zero-order valence-electron chi connectivity index (χ0n) is 12.4. The molecule has 0 bridgehead atoms. The summed E-state index contributed by atoms with van der Waals surface area (Å²) in [6.07, 6.45) is -4.02. The molecule has 2 atom stereocenters. The van der Waals surface area contributed by atoms with Gasteiger partial charge in [-0.1, -0.05) is 0 Å². The summed E-state index contributed by atoms with van der Waals surface area (Å²) in [4.78, 5) is 13.2. The highest BCUT2D eigenvalue weighted by atomic mass is 19.4. The molecule has 1 aliphatic rings. The fourth-order valence-electron chi connectivity index (χ4n) is 2.30. The van der Waals surface area contributed by atoms with Crippen LogP contribution in [0.2, 0.25) is 0 Å². The Hall–Kier alpha value is -0.860. The lowest BCUT2D eigenvalue weighted by molar-refractivity contribution is -0.164. The number of halogens is 3. The van der Waals surface area contributed by atoms with Gasteiger partial charge in [-0.3, -0.25) is 4.79 Å². The van der Waals surface area contributed by atoms with Crippen molar-refractivity contribution in [1.82, 2.24) is 10.2 Å². The molecule has 1 aliphatic heterocycles. The Bertz CT molecular complexity index is 326. The first-order valence-corrected chi connectivity index (χ1v) is 7.07. The summed E-state index contributed by atoms with van der Waals surface area (Å²) < 4.78 is 48.2. The average molecular weight is 312 g/mol. The molecule has 0 aliphatic carbocycles. The Balaban J connectivity index is 2.63. The topological polar surface area (TPSA) is 50.8 Å². The molecule has 1 heterocycles. The zero-order chi connectivity index (χ0) is 15.9. The van der Waals surface area contributed by atoms with Crippen LogP contribution in [0.4, 0.5) is 13.2 Å². The molecule has 5 nitrogen and oxygen atoms in total. The van der Waals surface area contributed by atoms with Crippen molar-refractivity contribution in [3.8, 4) is 0 Å². The quantitative estimate of drug-likeness (QED) is 0.681. The highest BCUT2D eigenvalue weighted by Crippen LogP contribution is 2.21. The third-order valence-electron chi connectivity index (χ3n) is 3.37. The van der Waals surface area contributed by atoms with Crippen LogP contribution < -0.4 is 5.32 Å². The Labute approximate surface area is 122 Å². The maximum absolute atomic E-state index is 12.6. The van der Waals surface area contributed by atoms with Crippen LogP contribution in [-0.2, 0) is 14.3 Å². The van der Waals surface area contributed by atoms with Gasteiger partial charge in [-0.2, -0.15) is 13.2 Å². The number of rotatable bonds is 8. The highest BCUT2D eigenvalue weighted by molar-refractivity contribution is 5.80. The van der Waals surface area contributed by atoms with Crippen molar-refractivity contribution in [2.75, 3.05) is 46.6 Å². The standard InChI is InChI=1S/C13H23F3N2O3/c1-3-20-6-4-5-18(9-13(14,15)16)12(19)10-7-21-8-11(10)17-2/h10-11,17H,3-9H2,1-2H3. The molecule has 8 heteroatoms. The Kier molecular flexibility index (Phi) is 7.41. The number of amides is 1. The molecule has 1 amide bonds. The van der Waals surface area contributed by atoms with Crippen molar-refractivity contribution in [3.05, 3.63) is 0 Å². The van der Waals surface area contributed by atoms with Crippen molar-refractivity contribution >= 4 is 5.91 Å². The molecule has 0 saturated carbocycles. The van der Waals surface area contributed by atoms with Gasteiger partial charge in [0.15, 0.2) is 0 Å². The third-order valence-corrected chi connectivity index (χ3v) is 3.37. The second-order valence-electron chi connectivity index (χ2n) is 4.96. The first kappa shape index (κ1) is 18.2. The minimum atomic E-state index is -4.41. The number of hydrogen-bond donors (Lipinski definition) is 1. The molecule has 2 unspecified atom stereocenters. The summed E-state index contributed by atoms with van der Waals surface area (Å²) in [6, 6.07) is -0.236. The van der Waals surface area contributed by atoms with E-state index in [0.717, 1.165) is 4.90 Å². The monoisotopic (exact) mass is 312 g/mol. The second kappa shape index (κ2) is 8.55. The van der Waals surface area contributed by atoms with Gasteiger partial charge in [0.2, 0.25) is 5.91 Å². The molecule has 21 heavy (non-hydrogen) atoms. The van der Waals surface area contributed by atoms with Crippen LogP contribution in [0.3, 0.4) is 0 Å². The number of alkyl halides is 3. The van der Waals surface area contributed by atoms with Gasteiger partial charge in [-0.05, 0) is 20.4 Å². The van der Waals surface area contributed by atoms with Crippen LogP contribution >= 0.6 is 0 Å². The lowest BCUT2D eigenvalue weighted by Gasteiger charge is -2.28. The van der Waals surface area contributed by atoms with E-state index in [4.69, 9.17) is 9.47 Å². The van der Waals surface area contributed by atoms with E-state index in [2.05, 4.69) is 5.32 Å². The molecule has 1 fully saturated rings. The van der Waals surface area contributed by atoms with Crippen LogP contribution in [0.5, 0.6) is 0 Å². The van der Waals surface area contributed by atoms with E-state index in [-0.39, 0.29) is 19.2 Å². The van der Waals surface area contributed by atoms with Crippen LogP contribution in [0.15, 0.2) is 0 Å². The summed E-state index contributed by atoms with van der Waals surface area (Å²) in [6.45, 7) is 1.96. The van der Waals surface area contributed by atoms with Gasteiger partial charge in [-0.25, -0.2) is 0 Å². The predicted molar refractivity (Wildman–Crippen MR) is 70.9 cm³/mol. The Morgan fingerprint density at radius 3 is 2.71 bits per heavy atom. The SMILES string of the molecule is CCOCCCN(CC(F)(F)F)C(=O)C1COCC1NC. The summed E-state index contributed by atoms with van der Waals surface area (Å²) in [5.41, 5.74) is 0. The number of carbonyl (C=O) groups excluding carboxylic acids is 1. The largest absolute Gasteiger partial charge is 0.406 e. The van der Waals surface area contributed by atoms with E-state index < -0.39 is 24.5 Å². The molecular weight excluding hydrogens is 289 g/mol. The average Bonchev–Trinajstić information content (AvgIpc) is 2.88. The number of carbonyl (C=O) groups is 1. The molecule has 1 saturated heterocycles. The molecule has 1 rings (SSSR count). The third kappa shape index (κ3) is 6.19. The number of hydrogen-bond acceptors (Lipinski definition) is 4. The van der Waals surface area contributed by atoms with Gasteiger partial charge >= 0.3 is 6.18 Å². The fourth-order valence-corrected chi connectivity index (χ4v) is 2.30. The predicted octanol–water partition coefficient (Wildman–Crippen LogP) is 1.04. The molecule has 0 aromatic heterocycles. The van der Waals surface area contributed by atoms with Crippen molar-refractivity contribution in [2.45, 2.75) is 25.6 Å². The van der Waals surface area contributed by atoms with E-state index >= 15 is 0 Å². The second-order valence-corrected chi connectivity index (χ2v) is 4.96. The summed E-state index contributed by atoms with van der Waals surface area (Å²) in [7, 11) is 1.67. The maximum Gasteiger partial charge on any atom is 0.406 e. The molecule has 0 radical (unpaired) electrons. The van der Waals surface area contributed by atoms with E-state index in [1.54, 1.807) is 7.05 Å². The van der Waals surface area contributed by atoms with Gasteiger partial charge < -0.3 is 19.7 Å². The lowest BCUT2D eigenvalue weighted by Crippen LogP contribution is -2.48. The van der Waals surface area contributed by atoms with Gasteiger partial charge in [0.1, 0.15) is 6.54 Å². The highest BCUT2D eigenvalue weighted by Gasteiger charge is 2.39. The van der Waals surface area contributed by atoms with Crippen molar-refractivity contribution in [1.29, 1.82) is 0 Å². The normalized spacial score (nSPS) is 22.5. The molecule has 124 valence electrons. The van der Waals surface area contributed by atoms with E-state index in [0.29, 0.717) is 26.2 Å². The maximum atomic E-state index is 12.6. The van der Waals surface area contributed by atoms with E-state index in [9.17, 15) is 18.0 Å². The lowest BCUT2D eigenvalue weighted by atomic mass is 10.0. The van der Waals surface area contributed by atoms with E-state index in [1.807, 2.05) is 6.92 Å². The Morgan fingerprint density at radius 1 is 1.43 bits per heavy atom. The first-order valence-electron chi connectivity index (χ1n) is 7.07. The number of nitrogens with zero attached hydrogens (tertiary/aromatic N) is 1.